The SMILES string of the molecule is C=CC(=O)N(C)C(=C)C(F)(F)C(F)(F)C(F)(F)C(F)(F)C(F)(F)C(F)(F)F. The van der Waals surface area contributed by atoms with E-state index in [9.17, 15) is 61.9 Å². The Kier molecular flexibility index (Phi) is 6.10. The maximum atomic E-state index is 13.6. The first-order valence-corrected chi connectivity index (χ1v) is 6.11. The lowest BCUT2D eigenvalue weighted by atomic mass is 9.92. The van der Waals surface area contributed by atoms with Gasteiger partial charge in [0.25, 0.3) is 0 Å². The number of rotatable bonds is 7. The van der Waals surface area contributed by atoms with Crippen LogP contribution in [0.1, 0.15) is 0 Å². The Hall–Kier alpha value is -1.96. The predicted molar refractivity (Wildman–Crippen MR) is 62.9 cm³/mol. The van der Waals surface area contributed by atoms with Gasteiger partial charge < -0.3 is 4.90 Å². The second-order valence-electron chi connectivity index (χ2n) is 4.92. The molecule has 2 nitrogen and oxygen atoms in total. The fourth-order valence-electron chi connectivity index (χ4n) is 1.43. The Morgan fingerprint density at radius 1 is 0.741 bits per heavy atom. The molecule has 0 saturated carbocycles. The van der Waals surface area contributed by atoms with Crippen molar-refractivity contribution in [3.8, 4) is 0 Å². The highest BCUT2D eigenvalue weighted by atomic mass is 19.4. The topological polar surface area (TPSA) is 20.3 Å². The number of carbonyl (C=O) groups is 1. The lowest BCUT2D eigenvalue weighted by Gasteiger charge is -2.40. The molecule has 0 heterocycles. The molecule has 0 rings (SSSR count). The first-order valence-electron chi connectivity index (χ1n) is 6.11. The summed E-state index contributed by atoms with van der Waals surface area (Å²) < 4.78 is 168. The second kappa shape index (κ2) is 6.58. The van der Waals surface area contributed by atoms with E-state index in [1.165, 1.54) is 0 Å². The van der Waals surface area contributed by atoms with Crippen molar-refractivity contribution in [2.75, 3.05) is 7.05 Å². The molecule has 0 aliphatic rings. The molecule has 158 valence electrons. The molecule has 0 saturated heterocycles. The summed E-state index contributed by atoms with van der Waals surface area (Å²) in [6.07, 6.45) is -7.32. The van der Waals surface area contributed by atoms with Crippen molar-refractivity contribution in [2.45, 2.75) is 35.8 Å². The van der Waals surface area contributed by atoms with Crippen LogP contribution in [0.3, 0.4) is 0 Å². The van der Waals surface area contributed by atoms with Gasteiger partial charge in [0.15, 0.2) is 0 Å². The van der Waals surface area contributed by atoms with Crippen molar-refractivity contribution in [3.05, 3.63) is 24.9 Å². The Morgan fingerprint density at radius 2 is 1.07 bits per heavy atom. The van der Waals surface area contributed by atoms with Crippen LogP contribution in [0.5, 0.6) is 0 Å². The molecule has 0 bridgehead atoms. The number of hydrogen-bond donors (Lipinski definition) is 0. The fourth-order valence-corrected chi connectivity index (χ4v) is 1.43. The van der Waals surface area contributed by atoms with Gasteiger partial charge in [-0.3, -0.25) is 4.79 Å². The van der Waals surface area contributed by atoms with Crippen LogP contribution in [-0.4, -0.2) is 53.6 Å². The molecule has 1 amide bonds. The van der Waals surface area contributed by atoms with E-state index in [4.69, 9.17) is 0 Å². The van der Waals surface area contributed by atoms with Crippen molar-refractivity contribution in [1.29, 1.82) is 0 Å². The number of likely N-dealkylation sites (N-methyl/N-ethyl adjacent to an activating group) is 1. The summed E-state index contributed by atoms with van der Waals surface area (Å²) >= 11 is 0. The van der Waals surface area contributed by atoms with Crippen LogP contribution in [0, 0.1) is 0 Å². The van der Waals surface area contributed by atoms with Gasteiger partial charge in [0.05, 0.1) is 5.70 Å². The average molecular weight is 429 g/mol. The first-order chi connectivity index (χ1) is 11.6. The molecule has 15 heteroatoms. The van der Waals surface area contributed by atoms with Crippen molar-refractivity contribution >= 4 is 5.91 Å². The molecule has 0 N–H and O–H groups in total. The average Bonchev–Trinajstić information content (AvgIpc) is 2.50. The van der Waals surface area contributed by atoms with Crippen LogP contribution in [0.25, 0.3) is 0 Å². The summed E-state index contributed by atoms with van der Waals surface area (Å²) in [6, 6.07) is 0. The van der Waals surface area contributed by atoms with E-state index < -0.39 is 52.3 Å². The van der Waals surface area contributed by atoms with E-state index in [1.54, 1.807) is 0 Å². The maximum absolute atomic E-state index is 13.6. The van der Waals surface area contributed by atoms with Crippen LogP contribution in [0.2, 0.25) is 0 Å². The van der Waals surface area contributed by atoms with Crippen LogP contribution in [0.4, 0.5) is 57.1 Å². The highest BCUT2D eigenvalue weighted by molar-refractivity contribution is 5.88. The number of halogens is 13. The second-order valence-corrected chi connectivity index (χ2v) is 4.92. The normalized spacial score (nSPS) is 14.7. The van der Waals surface area contributed by atoms with E-state index >= 15 is 0 Å². The molecular weight excluding hydrogens is 421 g/mol. The largest absolute Gasteiger partial charge is 0.460 e. The van der Waals surface area contributed by atoms with Gasteiger partial charge in [0.2, 0.25) is 5.91 Å². The monoisotopic (exact) mass is 429 g/mol. The number of carbonyl (C=O) groups excluding carboxylic acids is 1. The smallest absolute Gasteiger partial charge is 0.310 e. The third-order valence-corrected chi connectivity index (χ3v) is 3.21. The van der Waals surface area contributed by atoms with Gasteiger partial charge in [0, 0.05) is 7.05 Å². The summed E-state index contributed by atoms with van der Waals surface area (Å²) in [5.74, 6) is -39.5. The molecule has 0 fully saturated rings. The fraction of sp³-hybridized carbons (Fsp3) is 0.583. The molecule has 0 aliphatic heterocycles. The number of allylic oxidation sites excluding steroid dienone is 1. The van der Waals surface area contributed by atoms with E-state index in [1.807, 2.05) is 0 Å². The molecular formula is C12H8F13NO. The van der Waals surface area contributed by atoms with Crippen molar-refractivity contribution < 1.29 is 61.9 Å². The highest BCUT2D eigenvalue weighted by Gasteiger charge is 2.91. The van der Waals surface area contributed by atoms with Crippen LogP contribution in [-0.2, 0) is 4.79 Å². The van der Waals surface area contributed by atoms with Gasteiger partial charge >= 0.3 is 35.8 Å². The Balaban J connectivity index is 6.43. The van der Waals surface area contributed by atoms with Crippen LogP contribution < -0.4 is 0 Å². The molecule has 0 aliphatic carbocycles. The van der Waals surface area contributed by atoms with E-state index in [-0.39, 0.29) is 13.1 Å². The minimum atomic E-state index is -8.01. The molecule has 0 aromatic carbocycles. The minimum absolute atomic E-state index is 0.171. The van der Waals surface area contributed by atoms with Gasteiger partial charge in [-0.2, -0.15) is 57.1 Å². The van der Waals surface area contributed by atoms with Gasteiger partial charge in [0.1, 0.15) is 0 Å². The highest BCUT2D eigenvalue weighted by Crippen LogP contribution is 2.61. The summed E-state index contributed by atoms with van der Waals surface area (Å²) in [6.45, 7) is 4.81. The summed E-state index contributed by atoms with van der Waals surface area (Å²) in [4.78, 5) is 10.5. The minimum Gasteiger partial charge on any atom is -0.310 e. The molecule has 0 spiro atoms. The summed E-state index contributed by atoms with van der Waals surface area (Å²) in [5.41, 5.74) is -2.59. The van der Waals surface area contributed by atoms with Gasteiger partial charge in [-0.1, -0.05) is 13.2 Å². The molecule has 0 radical (unpaired) electrons. The lowest BCUT2D eigenvalue weighted by molar-refractivity contribution is -0.437. The number of alkyl halides is 13. The van der Waals surface area contributed by atoms with Crippen molar-refractivity contribution in [1.82, 2.24) is 4.90 Å². The molecule has 0 aromatic heterocycles. The number of amides is 1. The molecule has 0 unspecified atom stereocenters. The van der Waals surface area contributed by atoms with E-state index in [0.717, 1.165) is 0 Å². The van der Waals surface area contributed by atoms with Crippen LogP contribution in [0.15, 0.2) is 24.9 Å². The lowest BCUT2D eigenvalue weighted by Crippen LogP contribution is -2.70. The zero-order valence-electron chi connectivity index (χ0n) is 12.8. The predicted octanol–water partition coefficient (Wildman–Crippen LogP) is 4.88. The summed E-state index contributed by atoms with van der Waals surface area (Å²) in [7, 11) is 0.219. The zero-order chi connectivity index (χ0) is 22.4. The number of hydrogen-bond acceptors (Lipinski definition) is 1. The molecule has 0 atom stereocenters. The van der Waals surface area contributed by atoms with Crippen LogP contribution >= 0.6 is 0 Å². The van der Waals surface area contributed by atoms with E-state index in [0.29, 0.717) is 0 Å². The van der Waals surface area contributed by atoms with Crippen molar-refractivity contribution in [2.24, 2.45) is 0 Å². The van der Waals surface area contributed by atoms with E-state index in [2.05, 4.69) is 13.2 Å². The van der Waals surface area contributed by atoms with Crippen molar-refractivity contribution in [3.63, 3.8) is 0 Å². The first kappa shape index (κ1) is 25.0. The summed E-state index contributed by atoms with van der Waals surface area (Å²) in [5, 5.41) is 0. The van der Waals surface area contributed by atoms with Gasteiger partial charge in [-0.25, -0.2) is 0 Å². The third kappa shape index (κ3) is 3.35. The maximum Gasteiger partial charge on any atom is 0.460 e. The Morgan fingerprint density at radius 3 is 1.37 bits per heavy atom. The zero-order valence-corrected chi connectivity index (χ0v) is 12.8. The number of nitrogens with zero attached hydrogens (tertiary/aromatic N) is 1. The van der Waals surface area contributed by atoms with Gasteiger partial charge in [-0.05, 0) is 6.08 Å². The van der Waals surface area contributed by atoms with Gasteiger partial charge in [-0.15, -0.1) is 0 Å². The quantitative estimate of drug-likeness (QED) is 0.417. The Bertz CT molecular complexity index is 619. The molecule has 0 aromatic rings. The molecule has 27 heavy (non-hydrogen) atoms. The standard InChI is InChI=1S/C12H8F13NO/c1-4-6(27)26(3)5(2)7(13,14)8(15,16)9(17,18)10(19,20)11(21,22)12(23,24)25/h4H,1-2H2,3H3. The Labute approximate surface area is 141 Å². The third-order valence-electron chi connectivity index (χ3n) is 3.21.